The Bertz CT molecular complexity index is 516. The lowest BCUT2D eigenvalue weighted by molar-refractivity contribution is 0.352. The summed E-state index contributed by atoms with van der Waals surface area (Å²) in [4.78, 5) is 3.97. The molecule has 0 aliphatic heterocycles. The number of benzene rings is 1. The van der Waals surface area contributed by atoms with E-state index >= 15 is 0 Å². The number of aromatic amines is 1. The van der Waals surface area contributed by atoms with Crippen molar-refractivity contribution in [3.8, 4) is 11.5 Å². The van der Waals surface area contributed by atoms with Crippen molar-refractivity contribution in [2.75, 3.05) is 19.5 Å². The molecule has 0 fully saturated rings. The van der Waals surface area contributed by atoms with E-state index in [4.69, 9.17) is 21.1 Å². The molecule has 0 saturated heterocycles. The van der Waals surface area contributed by atoms with E-state index in [9.17, 15) is 0 Å². The van der Waals surface area contributed by atoms with Gasteiger partial charge in [0.05, 0.1) is 14.2 Å². The topological polar surface area (TPSA) is 72.1 Å². The predicted octanol–water partition coefficient (Wildman–Crippen LogP) is 2.09. The number of anilines is 1. The van der Waals surface area contributed by atoms with Crippen LogP contribution in [0.1, 0.15) is 5.56 Å². The molecule has 0 bridgehead atoms. The fourth-order valence-corrected chi connectivity index (χ4v) is 1.84. The van der Waals surface area contributed by atoms with Gasteiger partial charge in [-0.3, -0.25) is 0 Å². The van der Waals surface area contributed by atoms with E-state index < -0.39 is 0 Å². The average Bonchev–Trinajstić information content (AvgIpc) is 2.88. The molecular formula is C11H13ClN4O2. The first kappa shape index (κ1) is 12.5. The van der Waals surface area contributed by atoms with Crippen molar-refractivity contribution in [3.63, 3.8) is 0 Å². The number of nitrogens with one attached hydrogen (secondary N) is 2. The van der Waals surface area contributed by atoms with Gasteiger partial charge in [0.15, 0.2) is 11.5 Å². The van der Waals surface area contributed by atoms with Crippen LogP contribution in [-0.4, -0.2) is 29.4 Å². The first-order valence-electron chi connectivity index (χ1n) is 5.24. The summed E-state index contributed by atoms with van der Waals surface area (Å²) >= 11 is 6.02. The molecule has 1 aromatic carbocycles. The SMILES string of the molecule is COc1cc(Cl)cc(CNc2ncn[nH]2)c1OC. The van der Waals surface area contributed by atoms with Gasteiger partial charge in [-0.1, -0.05) is 11.6 Å². The van der Waals surface area contributed by atoms with Crippen LogP contribution < -0.4 is 14.8 Å². The highest BCUT2D eigenvalue weighted by atomic mass is 35.5. The summed E-state index contributed by atoms with van der Waals surface area (Å²) in [5, 5.41) is 10.1. The van der Waals surface area contributed by atoms with E-state index in [-0.39, 0.29) is 0 Å². The van der Waals surface area contributed by atoms with Gasteiger partial charge in [0, 0.05) is 23.2 Å². The summed E-state index contributed by atoms with van der Waals surface area (Å²) in [6, 6.07) is 3.52. The predicted molar refractivity (Wildman–Crippen MR) is 68.3 cm³/mol. The largest absolute Gasteiger partial charge is 0.493 e. The summed E-state index contributed by atoms with van der Waals surface area (Å²) < 4.78 is 10.5. The standard InChI is InChI=1S/C11H13ClN4O2/c1-17-9-4-8(12)3-7(10(9)18-2)5-13-11-14-6-15-16-11/h3-4,6H,5H2,1-2H3,(H2,13,14,15,16). The van der Waals surface area contributed by atoms with Gasteiger partial charge in [-0.25, -0.2) is 10.1 Å². The molecule has 0 spiro atoms. The molecule has 0 atom stereocenters. The Kier molecular flexibility index (Phi) is 3.88. The number of aromatic nitrogens is 3. The molecule has 1 heterocycles. The number of nitrogens with zero attached hydrogens (tertiary/aromatic N) is 2. The minimum absolute atomic E-state index is 0.495. The summed E-state index contributed by atoms with van der Waals surface area (Å²) in [7, 11) is 3.16. The number of ether oxygens (including phenoxy) is 2. The lowest BCUT2D eigenvalue weighted by atomic mass is 10.2. The van der Waals surface area contributed by atoms with Gasteiger partial charge < -0.3 is 14.8 Å². The highest BCUT2D eigenvalue weighted by Gasteiger charge is 2.12. The third kappa shape index (κ3) is 2.65. The average molecular weight is 269 g/mol. The van der Waals surface area contributed by atoms with E-state index in [0.717, 1.165) is 5.56 Å². The minimum atomic E-state index is 0.495. The Morgan fingerprint density at radius 2 is 2.17 bits per heavy atom. The minimum Gasteiger partial charge on any atom is -0.493 e. The lowest BCUT2D eigenvalue weighted by Gasteiger charge is -2.13. The van der Waals surface area contributed by atoms with Crippen molar-refractivity contribution in [3.05, 3.63) is 29.0 Å². The van der Waals surface area contributed by atoms with E-state index in [0.29, 0.717) is 29.0 Å². The second-order valence-corrected chi connectivity index (χ2v) is 3.92. The fourth-order valence-electron chi connectivity index (χ4n) is 1.61. The third-order valence-electron chi connectivity index (χ3n) is 2.38. The smallest absolute Gasteiger partial charge is 0.218 e. The zero-order chi connectivity index (χ0) is 13.0. The zero-order valence-corrected chi connectivity index (χ0v) is 10.8. The van der Waals surface area contributed by atoms with E-state index in [1.54, 1.807) is 20.3 Å². The van der Waals surface area contributed by atoms with Crippen molar-refractivity contribution in [2.45, 2.75) is 6.54 Å². The Morgan fingerprint density at radius 3 is 2.78 bits per heavy atom. The van der Waals surface area contributed by atoms with Crippen molar-refractivity contribution in [2.24, 2.45) is 0 Å². The Hall–Kier alpha value is -1.95. The molecule has 18 heavy (non-hydrogen) atoms. The van der Waals surface area contributed by atoms with E-state index in [1.807, 2.05) is 6.07 Å². The van der Waals surface area contributed by atoms with Crippen LogP contribution in [0.5, 0.6) is 11.5 Å². The number of hydrogen-bond donors (Lipinski definition) is 2. The molecule has 0 aliphatic rings. The third-order valence-corrected chi connectivity index (χ3v) is 2.60. The monoisotopic (exact) mass is 268 g/mol. The number of rotatable bonds is 5. The lowest BCUT2D eigenvalue weighted by Crippen LogP contribution is -2.04. The molecule has 6 nitrogen and oxygen atoms in total. The summed E-state index contributed by atoms with van der Waals surface area (Å²) in [6.45, 7) is 0.495. The second-order valence-electron chi connectivity index (χ2n) is 3.49. The van der Waals surface area contributed by atoms with E-state index in [2.05, 4.69) is 20.5 Å². The molecule has 7 heteroatoms. The summed E-state index contributed by atoms with van der Waals surface area (Å²) in [6.07, 6.45) is 1.43. The van der Waals surface area contributed by atoms with Crippen molar-refractivity contribution < 1.29 is 9.47 Å². The molecule has 0 radical (unpaired) electrons. The molecular weight excluding hydrogens is 256 g/mol. The first-order valence-corrected chi connectivity index (χ1v) is 5.62. The first-order chi connectivity index (χ1) is 8.74. The van der Waals surface area contributed by atoms with Crippen LogP contribution in [-0.2, 0) is 6.54 Å². The number of methoxy groups -OCH3 is 2. The normalized spacial score (nSPS) is 10.2. The maximum atomic E-state index is 6.02. The van der Waals surface area contributed by atoms with Gasteiger partial charge in [0.1, 0.15) is 6.33 Å². The molecule has 2 rings (SSSR count). The van der Waals surface area contributed by atoms with Crippen LogP contribution >= 0.6 is 11.6 Å². The van der Waals surface area contributed by atoms with E-state index in [1.165, 1.54) is 6.33 Å². The van der Waals surface area contributed by atoms with Crippen molar-refractivity contribution >= 4 is 17.5 Å². The summed E-state index contributed by atoms with van der Waals surface area (Å²) in [5.41, 5.74) is 0.873. The maximum absolute atomic E-state index is 6.02. The highest BCUT2D eigenvalue weighted by molar-refractivity contribution is 6.30. The quantitative estimate of drug-likeness (QED) is 0.869. The van der Waals surface area contributed by atoms with Crippen molar-refractivity contribution in [1.82, 2.24) is 15.2 Å². The van der Waals surface area contributed by atoms with Gasteiger partial charge in [-0.15, -0.1) is 0 Å². The van der Waals surface area contributed by atoms with Gasteiger partial charge in [0.2, 0.25) is 5.95 Å². The van der Waals surface area contributed by atoms with Crippen LogP contribution in [0.3, 0.4) is 0 Å². The zero-order valence-electron chi connectivity index (χ0n) is 10.0. The molecule has 1 aromatic heterocycles. The van der Waals surface area contributed by atoms with Crippen LogP contribution in [0.4, 0.5) is 5.95 Å². The fraction of sp³-hybridized carbons (Fsp3) is 0.273. The summed E-state index contributed by atoms with van der Waals surface area (Å²) in [5.74, 6) is 1.82. The van der Waals surface area contributed by atoms with Crippen molar-refractivity contribution in [1.29, 1.82) is 0 Å². The molecule has 0 saturated carbocycles. The molecule has 0 amide bonds. The number of halogens is 1. The Balaban J connectivity index is 2.23. The maximum Gasteiger partial charge on any atom is 0.218 e. The van der Waals surface area contributed by atoms with Gasteiger partial charge >= 0.3 is 0 Å². The molecule has 0 aliphatic carbocycles. The van der Waals surface area contributed by atoms with Crippen LogP contribution in [0.2, 0.25) is 5.02 Å². The molecule has 96 valence electrons. The van der Waals surface area contributed by atoms with Crippen LogP contribution in [0.15, 0.2) is 18.5 Å². The van der Waals surface area contributed by atoms with Crippen LogP contribution in [0.25, 0.3) is 0 Å². The van der Waals surface area contributed by atoms with Gasteiger partial charge in [-0.05, 0) is 6.07 Å². The molecule has 2 N–H and O–H groups in total. The second kappa shape index (κ2) is 5.59. The Labute approximate surface area is 109 Å². The van der Waals surface area contributed by atoms with Gasteiger partial charge in [0.25, 0.3) is 0 Å². The Morgan fingerprint density at radius 1 is 1.33 bits per heavy atom. The number of hydrogen-bond acceptors (Lipinski definition) is 5. The molecule has 2 aromatic rings. The highest BCUT2D eigenvalue weighted by Crippen LogP contribution is 2.34. The molecule has 0 unspecified atom stereocenters. The van der Waals surface area contributed by atoms with Crippen LogP contribution in [0, 0.1) is 0 Å². The van der Waals surface area contributed by atoms with Gasteiger partial charge in [-0.2, -0.15) is 5.10 Å². The number of H-pyrrole nitrogens is 1.